The predicted molar refractivity (Wildman–Crippen MR) is 67.7 cm³/mol. The lowest BCUT2D eigenvalue weighted by molar-refractivity contribution is 0.670. The maximum Gasteiger partial charge on any atom is 0.240 e. The van der Waals surface area contributed by atoms with Gasteiger partial charge in [0.25, 0.3) is 0 Å². The van der Waals surface area contributed by atoms with E-state index in [0.717, 1.165) is 5.56 Å². The van der Waals surface area contributed by atoms with Gasteiger partial charge in [-0.3, -0.25) is 0 Å². The van der Waals surface area contributed by atoms with E-state index in [1.807, 2.05) is 0 Å². The average molecular weight is 322 g/mol. The minimum Gasteiger partial charge on any atom is -0.366 e. The van der Waals surface area contributed by atoms with Gasteiger partial charge in [0.1, 0.15) is 0 Å². The fraction of sp³-hybridized carbons (Fsp3) is 0.111. The number of aromatic nitrogens is 3. The molecule has 0 aliphatic heterocycles. The minimum atomic E-state index is 0.213. The number of benzene rings is 1. The third-order valence-corrected chi connectivity index (χ3v) is 3.16. The van der Waals surface area contributed by atoms with E-state index in [2.05, 4.69) is 26.0 Å². The first-order chi connectivity index (χ1) is 7.56. The molecule has 4 nitrogen and oxygen atoms in total. The first-order valence-corrected chi connectivity index (χ1v) is 5.91. The predicted octanol–water partition coefficient (Wildman–Crippen LogP) is 2.98. The second kappa shape index (κ2) is 4.61. The number of hydrogen-bond donors (Lipinski definition) is 1. The summed E-state index contributed by atoms with van der Waals surface area (Å²) in [5.74, 6) is 0.213. The van der Waals surface area contributed by atoms with Gasteiger partial charge in [-0.1, -0.05) is 23.2 Å². The summed E-state index contributed by atoms with van der Waals surface area (Å²) in [5, 5.41) is 5.27. The Morgan fingerprint density at radius 3 is 2.75 bits per heavy atom. The SMILES string of the molecule is Nc1nc(Br)n(Cc2cc(Cl)ccc2Cl)n1. The molecule has 2 aromatic rings. The zero-order chi connectivity index (χ0) is 11.7. The molecule has 84 valence electrons. The molecule has 1 aromatic heterocycles. The Morgan fingerprint density at radius 2 is 2.12 bits per heavy atom. The van der Waals surface area contributed by atoms with Crippen molar-refractivity contribution >= 4 is 45.1 Å². The van der Waals surface area contributed by atoms with Crippen LogP contribution in [-0.2, 0) is 6.54 Å². The quantitative estimate of drug-likeness (QED) is 0.925. The van der Waals surface area contributed by atoms with Gasteiger partial charge in [-0.25, -0.2) is 4.68 Å². The van der Waals surface area contributed by atoms with E-state index in [0.29, 0.717) is 21.3 Å². The van der Waals surface area contributed by atoms with E-state index in [4.69, 9.17) is 28.9 Å². The van der Waals surface area contributed by atoms with Crippen molar-refractivity contribution < 1.29 is 0 Å². The maximum absolute atomic E-state index is 6.04. The molecule has 0 amide bonds. The van der Waals surface area contributed by atoms with Crippen LogP contribution in [0.25, 0.3) is 0 Å². The van der Waals surface area contributed by atoms with Gasteiger partial charge in [-0.2, -0.15) is 4.98 Å². The van der Waals surface area contributed by atoms with Gasteiger partial charge >= 0.3 is 0 Å². The van der Waals surface area contributed by atoms with Crippen molar-refractivity contribution in [3.8, 4) is 0 Å². The third kappa shape index (κ3) is 2.48. The standard InChI is InChI=1S/C9H7BrCl2N4/c10-8-14-9(13)15-16(8)4-5-3-6(11)1-2-7(5)12/h1-3H,4H2,(H2,13,15). The Labute approximate surface area is 110 Å². The van der Waals surface area contributed by atoms with Gasteiger partial charge in [-0.15, -0.1) is 5.10 Å². The zero-order valence-corrected chi connectivity index (χ0v) is 11.1. The van der Waals surface area contributed by atoms with Crippen molar-refractivity contribution in [2.24, 2.45) is 0 Å². The number of halogens is 3. The van der Waals surface area contributed by atoms with E-state index < -0.39 is 0 Å². The molecule has 0 saturated heterocycles. The van der Waals surface area contributed by atoms with E-state index >= 15 is 0 Å². The van der Waals surface area contributed by atoms with Crippen LogP contribution in [0.3, 0.4) is 0 Å². The van der Waals surface area contributed by atoms with Crippen LogP contribution in [0.4, 0.5) is 5.95 Å². The molecular weight excluding hydrogens is 315 g/mol. The summed E-state index contributed by atoms with van der Waals surface area (Å²) in [6, 6.07) is 5.26. The number of nitrogens with zero attached hydrogens (tertiary/aromatic N) is 3. The molecule has 0 aliphatic carbocycles. The molecule has 0 atom stereocenters. The lowest BCUT2D eigenvalue weighted by Gasteiger charge is -2.05. The molecule has 1 aromatic carbocycles. The second-order valence-electron chi connectivity index (χ2n) is 3.13. The van der Waals surface area contributed by atoms with Gasteiger partial charge in [-0.05, 0) is 39.7 Å². The topological polar surface area (TPSA) is 56.7 Å². The zero-order valence-electron chi connectivity index (χ0n) is 7.99. The van der Waals surface area contributed by atoms with Crippen molar-refractivity contribution in [1.82, 2.24) is 14.8 Å². The molecule has 0 spiro atoms. The van der Waals surface area contributed by atoms with Crippen LogP contribution < -0.4 is 5.73 Å². The minimum absolute atomic E-state index is 0.213. The molecule has 2 N–H and O–H groups in total. The number of nitrogen functional groups attached to an aromatic ring is 1. The van der Waals surface area contributed by atoms with Crippen molar-refractivity contribution in [2.75, 3.05) is 5.73 Å². The molecule has 0 fully saturated rings. The number of hydrogen-bond acceptors (Lipinski definition) is 3. The van der Waals surface area contributed by atoms with Crippen LogP contribution in [-0.4, -0.2) is 14.8 Å². The average Bonchev–Trinajstić information content (AvgIpc) is 2.51. The Kier molecular flexibility index (Phi) is 3.37. The number of nitrogens with two attached hydrogens (primary N) is 1. The lowest BCUT2D eigenvalue weighted by Crippen LogP contribution is -2.03. The largest absolute Gasteiger partial charge is 0.366 e. The smallest absolute Gasteiger partial charge is 0.240 e. The molecule has 7 heteroatoms. The van der Waals surface area contributed by atoms with Crippen LogP contribution in [0.2, 0.25) is 10.0 Å². The molecule has 0 saturated carbocycles. The van der Waals surface area contributed by atoms with Crippen molar-refractivity contribution in [2.45, 2.75) is 6.54 Å². The van der Waals surface area contributed by atoms with Crippen LogP contribution in [0.15, 0.2) is 22.9 Å². The van der Waals surface area contributed by atoms with Gasteiger partial charge in [0.15, 0.2) is 4.73 Å². The fourth-order valence-corrected chi connectivity index (χ4v) is 2.02. The fourth-order valence-electron chi connectivity index (χ4n) is 1.27. The van der Waals surface area contributed by atoms with Crippen LogP contribution in [0, 0.1) is 0 Å². The Bertz CT molecular complexity index is 526. The molecular formula is C9H7BrCl2N4. The van der Waals surface area contributed by atoms with Crippen LogP contribution in [0.1, 0.15) is 5.56 Å². The summed E-state index contributed by atoms with van der Waals surface area (Å²) < 4.78 is 2.16. The molecule has 0 unspecified atom stereocenters. The summed E-state index contributed by atoms with van der Waals surface area (Å²) in [4.78, 5) is 3.93. The molecule has 1 heterocycles. The summed E-state index contributed by atoms with van der Waals surface area (Å²) in [7, 11) is 0. The molecule has 0 aliphatic rings. The molecule has 2 rings (SSSR count). The highest BCUT2D eigenvalue weighted by molar-refractivity contribution is 9.10. The first kappa shape index (κ1) is 11.7. The van der Waals surface area contributed by atoms with Gasteiger partial charge < -0.3 is 5.73 Å². The van der Waals surface area contributed by atoms with Crippen LogP contribution in [0.5, 0.6) is 0 Å². The summed E-state index contributed by atoms with van der Waals surface area (Å²) in [6.45, 7) is 0.462. The Morgan fingerprint density at radius 1 is 1.38 bits per heavy atom. The highest BCUT2D eigenvalue weighted by atomic mass is 79.9. The first-order valence-electron chi connectivity index (χ1n) is 4.36. The van der Waals surface area contributed by atoms with Crippen LogP contribution >= 0.6 is 39.1 Å². The third-order valence-electron chi connectivity index (χ3n) is 1.97. The van der Waals surface area contributed by atoms with E-state index in [-0.39, 0.29) is 5.95 Å². The summed E-state index contributed by atoms with van der Waals surface area (Å²) >= 11 is 15.2. The number of anilines is 1. The summed E-state index contributed by atoms with van der Waals surface area (Å²) in [5.41, 5.74) is 6.33. The van der Waals surface area contributed by atoms with Gasteiger partial charge in [0.05, 0.1) is 6.54 Å². The molecule has 16 heavy (non-hydrogen) atoms. The normalized spacial score (nSPS) is 10.7. The maximum atomic E-state index is 6.04. The van der Waals surface area contributed by atoms with Gasteiger partial charge in [0, 0.05) is 10.0 Å². The van der Waals surface area contributed by atoms with E-state index in [1.165, 1.54) is 0 Å². The Hall–Kier alpha value is -0.780. The van der Waals surface area contributed by atoms with Crippen molar-refractivity contribution in [3.05, 3.63) is 38.5 Å². The highest BCUT2D eigenvalue weighted by Crippen LogP contribution is 2.22. The van der Waals surface area contributed by atoms with E-state index in [1.54, 1.807) is 22.9 Å². The number of rotatable bonds is 2. The second-order valence-corrected chi connectivity index (χ2v) is 4.69. The summed E-state index contributed by atoms with van der Waals surface area (Å²) in [6.07, 6.45) is 0. The molecule has 0 bridgehead atoms. The highest BCUT2D eigenvalue weighted by Gasteiger charge is 2.08. The van der Waals surface area contributed by atoms with Gasteiger partial charge in [0.2, 0.25) is 5.95 Å². The van der Waals surface area contributed by atoms with Crippen molar-refractivity contribution in [3.63, 3.8) is 0 Å². The van der Waals surface area contributed by atoms with Crippen molar-refractivity contribution in [1.29, 1.82) is 0 Å². The Balaban J connectivity index is 2.33. The molecule has 0 radical (unpaired) electrons. The lowest BCUT2D eigenvalue weighted by atomic mass is 10.2. The monoisotopic (exact) mass is 320 g/mol. The van der Waals surface area contributed by atoms with E-state index in [9.17, 15) is 0 Å².